The third-order valence-corrected chi connectivity index (χ3v) is 6.58. The highest BCUT2D eigenvalue weighted by atomic mass is 19.1. The van der Waals surface area contributed by atoms with E-state index < -0.39 is 24.0 Å². The molecular weight excluding hydrogens is 440 g/mol. The molecule has 0 bridgehead atoms. The smallest absolute Gasteiger partial charge is 0.303 e. The molecule has 1 saturated heterocycles. The number of aryl methyl sites for hydroxylation is 2. The van der Waals surface area contributed by atoms with Gasteiger partial charge in [0, 0.05) is 19.0 Å². The van der Waals surface area contributed by atoms with Crippen LogP contribution < -0.4 is 0 Å². The first-order chi connectivity index (χ1) is 16.3. The van der Waals surface area contributed by atoms with Crippen molar-refractivity contribution in [1.29, 1.82) is 0 Å². The SMILES string of the molecule is CC[C@@H](OC[C@@H](O)CN1CCC[C@H]1Cc1ccc(C)c(F)c1)c1cc(F)ccc1CCC(=O)O. The topological polar surface area (TPSA) is 70.0 Å². The molecule has 0 aliphatic carbocycles. The summed E-state index contributed by atoms with van der Waals surface area (Å²) >= 11 is 0. The van der Waals surface area contributed by atoms with Crippen LogP contribution in [-0.2, 0) is 22.4 Å². The van der Waals surface area contributed by atoms with Gasteiger partial charge in [-0.15, -0.1) is 0 Å². The molecule has 2 N–H and O–H groups in total. The number of ether oxygens (including phenoxy) is 1. The first-order valence-corrected chi connectivity index (χ1v) is 12.1. The molecule has 0 unspecified atom stereocenters. The van der Waals surface area contributed by atoms with Gasteiger partial charge in [-0.1, -0.05) is 25.1 Å². The number of β-amino-alcohol motifs (C(OH)–C–C–N with tert-alkyl or cyclic N) is 1. The minimum absolute atomic E-state index is 0.0427. The van der Waals surface area contributed by atoms with Gasteiger partial charge in [0.15, 0.2) is 0 Å². The zero-order valence-electron chi connectivity index (χ0n) is 20.0. The van der Waals surface area contributed by atoms with Gasteiger partial charge in [0.1, 0.15) is 11.6 Å². The molecule has 2 aromatic rings. The van der Waals surface area contributed by atoms with E-state index in [1.165, 1.54) is 12.1 Å². The minimum atomic E-state index is -0.909. The molecule has 1 aliphatic rings. The van der Waals surface area contributed by atoms with E-state index in [9.17, 15) is 18.7 Å². The Hall–Kier alpha value is -2.35. The van der Waals surface area contributed by atoms with Crippen molar-refractivity contribution in [2.24, 2.45) is 0 Å². The maximum Gasteiger partial charge on any atom is 0.303 e. The summed E-state index contributed by atoms with van der Waals surface area (Å²) in [6.07, 6.45) is 2.43. The van der Waals surface area contributed by atoms with Crippen molar-refractivity contribution in [2.45, 2.75) is 70.6 Å². The van der Waals surface area contributed by atoms with E-state index >= 15 is 0 Å². The van der Waals surface area contributed by atoms with Crippen LogP contribution in [0.1, 0.15) is 61.0 Å². The Morgan fingerprint density at radius 1 is 1.24 bits per heavy atom. The van der Waals surface area contributed by atoms with Gasteiger partial charge in [0.2, 0.25) is 0 Å². The van der Waals surface area contributed by atoms with Gasteiger partial charge in [0.05, 0.1) is 18.8 Å². The number of halogens is 2. The molecule has 3 atom stereocenters. The Bertz CT molecular complexity index is 968. The number of nitrogens with zero attached hydrogens (tertiary/aromatic N) is 1. The summed E-state index contributed by atoms with van der Waals surface area (Å²) in [6, 6.07) is 9.93. The van der Waals surface area contributed by atoms with Gasteiger partial charge in [-0.05, 0) is 86.0 Å². The number of aliphatic hydroxyl groups excluding tert-OH is 1. The number of carbonyl (C=O) groups is 1. The van der Waals surface area contributed by atoms with Crippen molar-refractivity contribution in [3.8, 4) is 0 Å². The fourth-order valence-corrected chi connectivity index (χ4v) is 4.72. The van der Waals surface area contributed by atoms with Gasteiger partial charge in [-0.25, -0.2) is 8.78 Å². The number of aliphatic hydroxyl groups is 1. The van der Waals surface area contributed by atoms with Crippen molar-refractivity contribution >= 4 is 5.97 Å². The Morgan fingerprint density at radius 2 is 2.03 bits per heavy atom. The molecule has 0 radical (unpaired) electrons. The summed E-state index contributed by atoms with van der Waals surface area (Å²) in [4.78, 5) is 13.2. The van der Waals surface area contributed by atoms with Crippen LogP contribution in [-0.4, -0.2) is 52.9 Å². The lowest BCUT2D eigenvalue weighted by Gasteiger charge is -2.28. The number of aliphatic carboxylic acids is 1. The number of likely N-dealkylation sites (tertiary alicyclic amines) is 1. The Kier molecular flexibility index (Phi) is 9.56. The zero-order valence-corrected chi connectivity index (χ0v) is 20.0. The molecule has 0 spiro atoms. The number of carboxylic acids is 1. The quantitative estimate of drug-likeness (QED) is 0.460. The summed E-state index contributed by atoms with van der Waals surface area (Å²) in [5.74, 6) is -1.50. The molecular formula is C27H35F2NO4. The van der Waals surface area contributed by atoms with Crippen LogP contribution in [0.3, 0.4) is 0 Å². The van der Waals surface area contributed by atoms with Gasteiger partial charge >= 0.3 is 5.97 Å². The van der Waals surface area contributed by atoms with Gasteiger partial charge in [-0.3, -0.25) is 9.69 Å². The first kappa shape index (κ1) is 26.3. The van der Waals surface area contributed by atoms with Crippen LogP contribution in [0.5, 0.6) is 0 Å². The maximum atomic E-state index is 13.9. The van der Waals surface area contributed by atoms with E-state index in [0.717, 1.165) is 36.9 Å². The second-order valence-corrected chi connectivity index (χ2v) is 9.20. The molecule has 1 aliphatic heterocycles. The van der Waals surface area contributed by atoms with Crippen molar-refractivity contribution < 1.29 is 28.5 Å². The van der Waals surface area contributed by atoms with E-state index in [-0.39, 0.29) is 24.9 Å². The zero-order chi connectivity index (χ0) is 24.7. The number of benzene rings is 2. The summed E-state index contributed by atoms with van der Waals surface area (Å²) in [6.45, 7) is 5.08. The fourth-order valence-electron chi connectivity index (χ4n) is 4.72. The first-order valence-electron chi connectivity index (χ1n) is 12.1. The fraction of sp³-hybridized carbons (Fsp3) is 0.519. The molecule has 186 valence electrons. The van der Waals surface area contributed by atoms with Gasteiger partial charge < -0.3 is 14.9 Å². The summed E-state index contributed by atoms with van der Waals surface area (Å²) < 4.78 is 33.9. The van der Waals surface area contributed by atoms with Crippen molar-refractivity contribution in [3.63, 3.8) is 0 Å². The van der Waals surface area contributed by atoms with Crippen LogP contribution in [0.15, 0.2) is 36.4 Å². The molecule has 1 fully saturated rings. The average Bonchev–Trinajstić information content (AvgIpc) is 3.22. The Balaban J connectivity index is 1.57. The van der Waals surface area contributed by atoms with Crippen molar-refractivity contribution in [1.82, 2.24) is 4.90 Å². The largest absolute Gasteiger partial charge is 0.481 e. The van der Waals surface area contributed by atoms with Crippen LogP contribution in [0.25, 0.3) is 0 Å². The molecule has 7 heteroatoms. The third kappa shape index (κ3) is 7.32. The molecule has 0 aromatic heterocycles. The highest BCUT2D eigenvalue weighted by Crippen LogP contribution is 2.28. The minimum Gasteiger partial charge on any atom is -0.481 e. The number of hydrogen-bond acceptors (Lipinski definition) is 4. The van der Waals surface area contributed by atoms with E-state index in [1.807, 2.05) is 13.0 Å². The summed E-state index contributed by atoms with van der Waals surface area (Å²) in [5.41, 5.74) is 2.97. The maximum absolute atomic E-state index is 13.9. The lowest BCUT2D eigenvalue weighted by Crippen LogP contribution is -2.39. The van der Waals surface area contributed by atoms with Crippen LogP contribution in [0.4, 0.5) is 8.78 Å². The molecule has 1 heterocycles. The van der Waals surface area contributed by atoms with E-state index in [0.29, 0.717) is 30.5 Å². The van der Waals surface area contributed by atoms with E-state index in [4.69, 9.17) is 9.84 Å². The second-order valence-electron chi connectivity index (χ2n) is 9.20. The van der Waals surface area contributed by atoms with Crippen molar-refractivity contribution in [3.05, 3.63) is 70.3 Å². The molecule has 0 amide bonds. The molecule has 34 heavy (non-hydrogen) atoms. The van der Waals surface area contributed by atoms with Gasteiger partial charge in [0.25, 0.3) is 0 Å². The summed E-state index contributed by atoms with van der Waals surface area (Å²) in [7, 11) is 0. The Labute approximate surface area is 200 Å². The monoisotopic (exact) mass is 475 g/mol. The van der Waals surface area contributed by atoms with E-state index in [2.05, 4.69) is 4.90 Å². The van der Waals surface area contributed by atoms with E-state index in [1.54, 1.807) is 25.1 Å². The molecule has 0 saturated carbocycles. The molecule has 5 nitrogen and oxygen atoms in total. The van der Waals surface area contributed by atoms with Crippen LogP contribution >= 0.6 is 0 Å². The molecule has 3 rings (SSSR count). The van der Waals surface area contributed by atoms with Crippen molar-refractivity contribution in [2.75, 3.05) is 19.7 Å². The number of carboxylic acid groups (broad SMARTS) is 1. The Morgan fingerprint density at radius 3 is 2.74 bits per heavy atom. The average molecular weight is 476 g/mol. The molecule has 2 aromatic carbocycles. The number of hydrogen-bond donors (Lipinski definition) is 2. The summed E-state index contributed by atoms with van der Waals surface area (Å²) in [5, 5.41) is 19.7. The highest BCUT2D eigenvalue weighted by Gasteiger charge is 2.27. The van der Waals surface area contributed by atoms with Crippen LogP contribution in [0.2, 0.25) is 0 Å². The third-order valence-electron chi connectivity index (χ3n) is 6.58. The second kappa shape index (κ2) is 12.4. The lowest BCUT2D eigenvalue weighted by molar-refractivity contribution is -0.136. The highest BCUT2D eigenvalue weighted by molar-refractivity contribution is 5.67. The normalized spacial score (nSPS) is 18.2. The standard InChI is InChI=1S/C27H35F2NO4/c1-3-26(24-15-21(28)10-8-20(24)9-11-27(32)33)34-17-23(31)16-30-12-4-5-22(30)13-19-7-6-18(2)25(29)14-19/h6-8,10,14-15,22-23,26,31H,3-5,9,11-13,16-17H2,1-2H3,(H,32,33)/t22-,23-,26+/m0/s1. The van der Waals surface area contributed by atoms with Crippen LogP contribution in [0, 0.1) is 18.6 Å². The lowest BCUT2D eigenvalue weighted by atomic mass is 9.97. The number of rotatable bonds is 12. The van der Waals surface area contributed by atoms with Gasteiger partial charge in [-0.2, -0.15) is 0 Å². The predicted octanol–water partition coefficient (Wildman–Crippen LogP) is 4.83. The predicted molar refractivity (Wildman–Crippen MR) is 127 cm³/mol.